The van der Waals surface area contributed by atoms with Crippen molar-refractivity contribution < 1.29 is 19.7 Å². The van der Waals surface area contributed by atoms with Crippen LogP contribution in [0.5, 0.6) is 0 Å². The predicted molar refractivity (Wildman–Crippen MR) is 76.0 cm³/mol. The van der Waals surface area contributed by atoms with Gasteiger partial charge < -0.3 is 5.11 Å². The van der Waals surface area contributed by atoms with Gasteiger partial charge in [-0.3, -0.25) is 0 Å². The molecule has 114 valence electrons. The summed E-state index contributed by atoms with van der Waals surface area (Å²) in [4.78, 5) is 21.1. The second-order valence-electron chi connectivity index (χ2n) is 6.03. The number of carboxylic acid groups (broad SMARTS) is 1. The van der Waals surface area contributed by atoms with Crippen molar-refractivity contribution in [1.82, 2.24) is 0 Å². The Balaban J connectivity index is 3.69. The summed E-state index contributed by atoms with van der Waals surface area (Å²) in [5.74, 6) is -0.949. The third-order valence-corrected chi connectivity index (χ3v) is 2.76. The lowest BCUT2D eigenvalue weighted by molar-refractivity contribution is -0.368. The van der Waals surface area contributed by atoms with E-state index in [0.717, 1.165) is 12.8 Å². The lowest BCUT2D eigenvalue weighted by Gasteiger charge is -2.21. The summed E-state index contributed by atoms with van der Waals surface area (Å²) >= 11 is 0. The highest BCUT2D eigenvalue weighted by Crippen LogP contribution is 2.14. The molecule has 0 aliphatic heterocycles. The number of rotatable bonds is 11. The van der Waals surface area contributed by atoms with E-state index < -0.39 is 17.7 Å². The normalized spacial score (nSPS) is 13.5. The Kier molecular flexibility index (Phi) is 9.88. The molecular formula is C15H30O4. The predicted octanol–water partition coefficient (Wildman–Crippen LogP) is 4.33. The molecule has 0 aliphatic carbocycles. The first-order chi connectivity index (χ1) is 8.87. The van der Waals surface area contributed by atoms with Crippen LogP contribution in [-0.4, -0.2) is 22.8 Å². The smallest absolute Gasteiger partial charge is 0.336 e. The number of hydrogen-bond acceptors (Lipinski definition) is 3. The molecule has 1 atom stereocenters. The first-order valence-corrected chi connectivity index (χ1v) is 7.44. The minimum atomic E-state index is -0.949. The summed E-state index contributed by atoms with van der Waals surface area (Å²) in [6.45, 7) is 7.70. The van der Waals surface area contributed by atoms with E-state index in [1.165, 1.54) is 32.1 Å². The fourth-order valence-electron chi connectivity index (χ4n) is 1.70. The highest BCUT2D eigenvalue weighted by atomic mass is 17.2. The van der Waals surface area contributed by atoms with Crippen molar-refractivity contribution in [2.75, 3.05) is 0 Å². The summed E-state index contributed by atoms with van der Waals surface area (Å²) in [6, 6.07) is 0. The van der Waals surface area contributed by atoms with Gasteiger partial charge in [0.1, 0.15) is 0 Å². The third kappa shape index (κ3) is 12.2. The average molecular weight is 274 g/mol. The first-order valence-electron chi connectivity index (χ1n) is 7.44. The monoisotopic (exact) mass is 274 g/mol. The van der Waals surface area contributed by atoms with Crippen LogP contribution in [0.1, 0.15) is 79.1 Å². The van der Waals surface area contributed by atoms with Crippen molar-refractivity contribution in [3.63, 3.8) is 0 Å². The van der Waals surface area contributed by atoms with E-state index in [0.29, 0.717) is 6.42 Å². The molecule has 0 radical (unpaired) electrons. The van der Waals surface area contributed by atoms with Gasteiger partial charge in [-0.1, -0.05) is 51.9 Å². The van der Waals surface area contributed by atoms with E-state index in [1.807, 2.05) is 20.8 Å². The van der Waals surface area contributed by atoms with Crippen LogP contribution in [0.25, 0.3) is 0 Å². The van der Waals surface area contributed by atoms with Crippen molar-refractivity contribution in [2.45, 2.75) is 90.8 Å². The molecule has 4 heteroatoms. The van der Waals surface area contributed by atoms with E-state index in [4.69, 9.17) is 14.9 Å². The molecule has 0 bridgehead atoms. The third-order valence-electron chi connectivity index (χ3n) is 2.76. The maximum atomic E-state index is 11.0. The van der Waals surface area contributed by atoms with Crippen molar-refractivity contribution in [1.29, 1.82) is 0 Å². The maximum absolute atomic E-state index is 11.0. The van der Waals surface area contributed by atoms with Gasteiger partial charge in [0.2, 0.25) is 0 Å². The summed E-state index contributed by atoms with van der Waals surface area (Å²) in [7, 11) is 0. The number of aliphatic carboxylic acids is 1. The van der Waals surface area contributed by atoms with E-state index in [2.05, 4.69) is 6.92 Å². The Labute approximate surface area is 117 Å². The zero-order valence-electron chi connectivity index (χ0n) is 12.9. The molecule has 0 saturated heterocycles. The Bertz CT molecular complexity index is 233. The Morgan fingerprint density at radius 3 is 2.05 bits per heavy atom. The van der Waals surface area contributed by atoms with Crippen LogP contribution in [0.2, 0.25) is 0 Å². The maximum Gasteiger partial charge on any atom is 0.336 e. The van der Waals surface area contributed by atoms with Crippen LogP contribution in [0.4, 0.5) is 0 Å². The second-order valence-corrected chi connectivity index (χ2v) is 6.03. The highest BCUT2D eigenvalue weighted by molar-refractivity contribution is 5.72. The molecule has 0 aromatic heterocycles. The molecule has 1 N–H and O–H groups in total. The zero-order chi connectivity index (χ0) is 14.7. The molecular weight excluding hydrogens is 244 g/mol. The Morgan fingerprint density at radius 2 is 1.58 bits per heavy atom. The molecule has 4 nitrogen and oxygen atoms in total. The molecule has 0 aromatic rings. The van der Waals surface area contributed by atoms with Crippen LogP contribution in [0.15, 0.2) is 0 Å². The van der Waals surface area contributed by atoms with Gasteiger partial charge in [0.25, 0.3) is 0 Å². The largest absolute Gasteiger partial charge is 0.479 e. The fraction of sp³-hybridized carbons (Fsp3) is 0.933. The topological polar surface area (TPSA) is 55.8 Å². The first kappa shape index (κ1) is 18.4. The molecule has 0 amide bonds. The summed E-state index contributed by atoms with van der Waals surface area (Å²) in [6.07, 6.45) is 7.83. The summed E-state index contributed by atoms with van der Waals surface area (Å²) in [5.41, 5.74) is -0.478. The van der Waals surface area contributed by atoms with E-state index in [1.54, 1.807) is 0 Å². The van der Waals surface area contributed by atoms with Gasteiger partial charge in [-0.15, -0.1) is 0 Å². The van der Waals surface area contributed by atoms with Crippen molar-refractivity contribution >= 4 is 5.97 Å². The van der Waals surface area contributed by atoms with Gasteiger partial charge in [-0.2, -0.15) is 0 Å². The number of carboxylic acids is 1. The van der Waals surface area contributed by atoms with Gasteiger partial charge in [-0.25, -0.2) is 14.6 Å². The molecule has 0 aromatic carbocycles. The van der Waals surface area contributed by atoms with Gasteiger partial charge in [-0.05, 0) is 27.2 Å². The quantitative estimate of drug-likeness (QED) is 0.346. The molecule has 0 spiro atoms. The van der Waals surface area contributed by atoms with Crippen molar-refractivity contribution in [2.24, 2.45) is 0 Å². The second kappa shape index (κ2) is 10.2. The zero-order valence-corrected chi connectivity index (χ0v) is 12.9. The van der Waals surface area contributed by atoms with Crippen molar-refractivity contribution in [3.05, 3.63) is 0 Å². The van der Waals surface area contributed by atoms with Crippen LogP contribution < -0.4 is 0 Å². The van der Waals surface area contributed by atoms with Crippen molar-refractivity contribution in [3.8, 4) is 0 Å². The number of unbranched alkanes of at least 4 members (excludes halogenated alkanes) is 6. The SMILES string of the molecule is CCCCCCCCCC(OOC(C)(C)C)C(=O)O. The van der Waals surface area contributed by atoms with Gasteiger partial charge in [0.15, 0.2) is 6.10 Å². The average Bonchev–Trinajstić information content (AvgIpc) is 2.30. The van der Waals surface area contributed by atoms with Gasteiger partial charge in [0, 0.05) is 0 Å². The molecule has 0 saturated carbocycles. The minimum absolute atomic E-state index is 0.478. The molecule has 0 aliphatic rings. The lowest BCUT2D eigenvalue weighted by Crippen LogP contribution is -2.29. The Hall–Kier alpha value is -0.610. The molecule has 1 unspecified atom stereocenters. The van der Waals surface area contributed by atoms with Gasteiger partial charge in [0.05, 0.1) is 5.60 Å². The molecule has 19 heavy (non-hydrogen) atoms. The van der Waals surface area contributed by atoms with Crippen LogP contribution >= 0.6 is 0 Å². The number of hydrogen-bond donors (Lipinski definition) is 1. The minimum Gasteiger partial charge on any atom is -0.479 e. The molecule has 0 rings (SSSR count). The molecule has 0 fully saturated rings. The van der Waals surface area contributed by atoms with Crippen LogP contribution in [0, 0.1) is 0 Å². The standard InChI is InChI=1S/C15H30O4/c1-5-6-7-8-9-10-11-12-13(14(16)17)18-19-15(2,3)4/h13H,5-12H2,1-4H3,(H,16,17). The van der Waals surface area contributed by atoms with Crippen LogP contribution in [-0.2, 0) is 14.6 Å². The van der Waals surface area contributed by atoms with E-state index in [9.17, 15) is 4.79 Å². The molecule has 0 heterocycles. The Morgan fingerprint density at radius 1 is 1.05 bits per heavy atom. The summed E-state index contributed by atoms with van der Waals surface area (Å²) < 4.78 is 0. The van der Waals surface area contributed by atoms with Gasteiger partial charge >= 0.3 is 5.97 Å². The fourth-order valence-corrected chi connectivity index (χ4v) is 1.70. The lowest BCUT2D eigenvalue weighted by atomic mass is 10.1. The number of carbonyl (C=O) groups is 1. The van der Waals surface area contributed by atoms with E-state index in [-0.39, 0.29) is 0 Å². The van der Waals surface area contributed by atoms with E-state index >= 15 is 0 Å². The highest BCUT2D eigenvalue weighted by Gasteiger charge is 2.22. The van der Waals surface area contributed by atoms with Crippen LogP contribution in [0.3, 0.4) is 0 Å². The summed E-state index contributed by atoms with van der Waals surface area (Å²) in [5, 5.41) is 9.04.